The minimum atomic E-state index is -0.109. The highest BCUT2D eigenvalue weighted by molar-refractivity contribution is 7.99. The standard InChI is InChI=1S/C21H23N5O2S/c1-2-28-21(27)15-8-11-26(12-9-15)19-17(22)20(25-13-24-19)29-16-7-3-5-14-6-4-10-23-18(14)16/h3-7,10,13,15H,2,8-9,11-12,22H2,1H3. The van der Waals surface area contributed by atoms with E-state index < -0.39 is 0 Å². The fourth-order valence-electron chi connectivity index (χ4n) is 3.55. The van der Waals surface area contributed by atoms with E-state index in [4.69, 9.17) is 10.5 Å². The third kappa shape index (κ3) is 4.12. The summed E-state index contributed by atoms with van der Waals surface area (Å²) in [6, 6.07) is 10.0. The van der Waals surface area contributed by atoms with E-state index >= 15 is 0 Å². The number of benzene rings is 1. The Morgan fingerprint density at radius 3 is 2.79 bits per heavy atom. The molecule has 3 aromatic rings. The fraction of sp³-hybridized carbons (Fsp3) is 0.333. The zero-order chi connectivity index (χ0) is 20.2. The summed E-state index contributed by atoms with van der Waals surface area (Å²) in [5.41, 5.74) is 7.93. The lowest BCUT2D eigenvalue weighted by Crippen LogP contribution is -2.37. The Bertz CT molecular complexity index is 1020. The van der Waals surface area contributed by atoms with Crippen LogP contribution in [-0.2, 0) is 9.53 Å². The number of nitrogens with two attached hydrogens (primary N) is 1. The number of hydrogen-bond donors (Lipinski definition) is 1. The largest absolute Gasteiger partial charge is 0.466 e. The Morgan fingerprint density at radius 2 is 2.00 bits per heavy atom. The van der Waals surface area contributed by atoms with E-state index in [2.05, 4.69) is 19.9 Å². The van der Waals surface area contributed by atoms with Crippen molar-refractivity contribution in [2.75, 3.05) is 30.3 Å². The molecule has 7 nitrogen and oxygen atoms in total. The Morgan fingerprint density at radius 1 is 1.21 bits per heavy atom. The number of anilines is 2. The van der Waals surface area contributed by atoms with E-state index in [1.807, 2.05) is 37.3 Å². The van der Waals surface area contributed by atoms with E-state index in [9.17, 15) is 4.79 Å². The summed E-state index contributed by atoms with van der Waals surface area (Å²) in [6.07, 6.45) is 4.80. The molecule has 0 saturated carbocycles. The van der Waals surface area contributed by atoms with Gasteiger partial charge in [-0.15, -0.1) is 0 Å². The van der Waals surface area contributed by atoms with Gasteiger partial charge in [-0.25, -0.2) is 9.97 Å². The first-order valence-corrected chi connectivity index (χ1v) is 10.5. The molecule has 3 heterocycles. The first-order valence-electron chi connectivity index (χ1n) is 9.71. The number of rotatable bonds is 5. The van der Waals surface area contributed by atoms with Gasteiger partial charge in [-0.2, -0.15) is 0 Å². The lowest BCUT2D eigenvalue weighted by Gasteiger charge is -2.32. The van der Waals surface area contributed by atoms with Gasteiger partial charge in [0.2, 0.25) is 0 Å². The molecule has 8 heteroatoms. The van der Waals surface area contributed by atoms with Gasteiger partial charge in [0.1, 0.15) is 17.0 Å². The molecule has 0 aliphatic carbocycles. The van der Waals surface area contributed by atoms with E-state index in [0.717, 1.165) is 34.5 Å². The number of nitrogens with zero attached hydrogens (tertiary/aromatic N) is 4. The molecule has 0 unspecified atom stereocenters. The molecule has 1 fully saturated rings. The van der Waals surface area contributed by atoms with Gasteiger partial charge < -0.3 is 15.4 Å². The van der Waals surface area contributed by atoms with Gasteiger partial charge >= 0.3 is 5.97 Å². The molecule has 0 amide bonds. The normalized spacial score (nSPS) is 14.9. The second-order valence-electron chi connectivity index (χ2n) is 6.86. The van der Waals surface area contributed by atoms with Crippen LogP contribution in [-0.4, -0.2) is 40.6 Å². The van der Waals surface area contributed by atoms with Crippen molar-refractivity contribution in [2.45, 2.75) is 29.7 Å². The number of carbonyl (C=O) groups excluding carboxylic acids is 1. The van der Waals surface area contributed by atoms with E-state index in [-0.39, 0.29) is 11.9 Å². The average Bonchev–Trinajstić information content (AvgIpc) is 2.76. The number of para-hydroxylation sites is 1. The summed E-state index contributed by atoms with van der Waals surface area (Å²) in [5.74, 6) is 0.561. The predicted octanol–water partition coefficient (Wildman–Crippen LogP) is 3.54. The van der Waals surface area contributed by atoms with Crippen LogP contribution < -0.4 is 10.6 Å². The van der Waals surface area contributed by atoms with Crippen LogP contribution in [0.3, 0.4) is 0 Å². The summed E-state index contributed by atoms with van der Waals surface area (Å²) in [6.45, 7) is 3.68. The maximum atomic E-state index is 12.0. The summed E-state index contributed by atoms with van der Waals surface area (Å²) >= 11 is 1.49. The lowest BCUT2D eigenvalue weighted by molar-refractivity contribution is -0.148. The number of piperidine rings is 1. The lowest BCUT2D eigenvalue weighted by atomic mass is 9.97. The monoisotopic (exact) mass is 409 g/mol. The van der Waals surface area contributed by atoms with Gasteiger partial charge in [-0.05, 0) is 31.9 Å². The van der Waals surface area contributed by atoms with Gasteiger partial charge in [-0.3, -0.25) is 9.78 Å². The number of ether oxygens (including phenoxy) is 1. The third-order valence-corrected chi connectivity index (χ3v) is 6.11. The maximum absolute atomic E-state index is 12.0. The van der Waals surface area contributed by atoms with Gasteiger partial charge in [0, 0.05) is 29.6 Å². The van der Waals surface area contributed by atoms with E-state index in [1.165, 1.54) is 11.8 Å². The fourth-order valence-corrected chi connectivity index (χ4v) is 4.48. The van der Waals surface area contributed by atoms with Crippen LogP contribution in [0, 0.1) is 5.92 Å². The van der Waals surface area contributed by atoms with Crippen molar-refractivity contribution in [1.29, 1.82) is 0 Å². The maximum Gasteiger partial charge on any atom is 0.309 e. The third-order valence-electron chi connectivity index (χ3n) is 5.04. The smallest absolute Gasteiger partial charge is 0.309 e. The van der Waals surface area contributed by atoms with Crippen molar-refractivity contribution in [1.82, 2.24) is 15.0 Å². The number of pyridine rings is 1. The summed E-state index contributed by atoms with van der Waals surface area (Å²) in [4.78, 5) is 28.4. The van der Waals surface area contributed by atoms with Crippen LogP contribution >= 0.6 is 11.8 Å². The first-order chi connectivity index (χ1) is 14.2. The molecule has 1 saturated heterocycles. The van der Waals surface area contributed by atoms with Crippen molar-refractivity contribution >= 4 is 40.1 Å². The molecule has 150 valence electrons. The molecule has 0 bridgehead atoms. The van der Waals surface area contributed by atoms with Crippen molar-refractivity contribution in [3.05, 3.63) is 42.9 Å². The minimum Gasteiger partial charge on any atom is -0.466 e. The topological polar surface area (TPSA) is 94.2 Å². The quantitative estimate of drug-likeness (QED) is 0.505. The Labute approximate surface area is 173 Å². The van der Waals surface area contributed by atoms with Crippen LogP contribution in [0.2, 0.25) is 0 Å². The van der Waals surface area contributed by atoms with Gasteiger partial charge in [0.05, 0.1) is 18.0 Å². The molecule has 0 spiro atoms. The highest BCUT2D eigenvalue weighted by atomic mass is 32.2. The molecule has 1 aliphatic rings. The van der Waals surface area contributed by atoms with Gasteiger partial charge in [0.15, 0.2) is 5.82 Å². The summed E-state index contributed by atoms with van der Waals surface area (Å²) < 4.78 is 5.15. The molecule has 2 N–H and O–H groups in total. The number of aromatic nitrogens is 3. The Hall–Kier alpha value is -2.87. The van der Waals surface area contributed by atoms with Crippen molar-refractivity contribution in [3.8, 4) is 0 Å². The van der Waals surface area contributed by atoms with Gasteiger partial charge in [0.25, 0.3) is 0 Å². The second kappa shape index (κ2) is 8.65. The Kier molecular flexibility index (Phi) is 5.80. The van der Waals surface area contributed by atoms with Crippen LogP contribution in [0.25, 0.3) is 10.9 Å². The van der Waals surface area contributed by atoms with E-state index in [1.54, 1.807) is 12.5 Å². The molecule has 4 rings (SSSR count). The number of nitrogen functional groups attached to an aromatic ring is 1. The second-order valence-corrected chi connectivity index (χ2v) is 7.89. The molecular formula is C21H23N5O2S. The molecule has 1 aliphatic heterocycles. The van der Waals surface area contributed by atoms with Crippen LogP contribution in [0.15, 0.2) is 52.8 Å². The number of hydrogen-bond acceptors (Lipinski definition) is 8. The number of carbonyl (C=O) groups is 1. The molecule has 1 aromatic carbocycles. The average molecular weight is 410 g/mol. The predicted molar refractivity (Wildman–Crippen MR) is 114 cm³/mol. The Balaban J connectivity index is 1.53. The van der Waals surface area contributed by atoms with Crippen molar-refractivity contribution in [3.63, 3.8) is 0 Å². The number of esters is 1. The zero-order valence-corrected chi connectivity index (χ0v) is 17.1. The minimum absolute atomic E-state index is 0.0511. The molecule has 0 atom stereocenters. The molecular weight excluding hydrogens is 386 g/mol. The summed E-state index contributed by atoms with van der Waals surface area (Å²) in [7, 11) is 0. The molecule has 2 aromatic heterocycles. The van der Waals surface area contributed by atoms with Crippen molar-refractivity contribution < 1.29 is 9.53 Å². The SMILES string of the molecule is CCOC(=O)C1CCN(c2ncnc(Sc3cccc4cccnc34)c2N)CC1. The van der Waals surface area contributed by atoms with E-state index in [0.29, 0.717) is 30.4 Å². The van der Waals surface area contributed by atoms with Crippen LogP contribution in [0.5, 0.6) is 0 Å². The van der Waals surface area contributed by atoms with Gasteiger partial charge in [-0.1, -0.05) is 30.0 Å². The van der Waals surface area contributed by atoms with Crippen LogP contribution in [0.1, 0.15) is 19.8 Å². The highest BCUT2D eigenvalue weighted by Crippen LogP contribution is 2.37. The van der Waals surface area contributed by atoms with Crippen molar-refractivity contribution in [2.24, 2.45) is 5.92 Å². The van der Waals surface area contributed by atoms with Crippen LogP contribution in [0.4, 0.5) is 11.5 Å². The highest BCUT2D eigenvalue weighted by Gasteiger charge is 2.28. The molecule has 29 heavy (non-hydrogen) atoms. The zero-order valence-electron chi connectivity index (χ0n) is 16.2. The molecule has 0 radical (unpaired) electrons. The first kappa shape index (κ1) is 19.4. The summed E-state index contributed by atoms with van der Waals surface area (Å²) in [5, 5.41) is 1.78. The number of fused-ring (bicyclic) bond motifs is 1.